The molecule has 0 saturated heterocycles. The van der Waals surface area contributed by atoms with Crippen molar-refractivity contribution in [3.8, 4) is 5.75 Å². The third kappa shape index (κ3) is 2.50. The molecule has 0 fully saturated rings. The van der Waals surface area contributed by atoms with E-state index in [1.54, 1.807) is 23.9 Å². The monoisotopic (exact) mass is 222 g/mol. The first-order valence-electron chi connectivity index (χ1n) is 4.45. The number of nitrogens with zero attached hydrogens (tertiary/aromatic N) is 2. The van der Waals surface area contributed by atoms with E-state index >= 15 is 0 Å². The van der Waals surface area contributed by atoms with Gasteiger partial charge in [-0.25, -0.2) is 4.63 Å². The Labute approximate surface area is 91.3 Å². The van der Waals surface area contributed by atoms with Gasteiger partial charge in [0.2, 0.25) is 0 Å². The predicted molar refractivity (Wildman–Crippen MR) is 56.7 cm³/mol. The lowest BCUT2D eigenvalue weighted by molar-refractivity contribution is 0.302. The average molecular weight is 222 g/mol. The Kier molecular flexibility index (Phi) is 2.91. The summed E-state index contributed by atoms with van der Waals surface area (Å²) in [7, 11) is 0. The highest BCUT2D eigenvalue weighted by atomic mass is 32.2. The first kappa shape index (κ1) is 10.0. The molecular weight excluding hydrogens is 212 g/mol. The van der Waals surface area contributed by atoms with Crippen molar-refractivity contribution in [3.63, 3.8) is 0 Å². The largest absolute Gasteiger partial charge is 0.508 e. The maximum Gasteiger partial charge on any atom is 0.118 e. The lowest BCUT2D eigenvalue weighted by Gasteiger charge is -1.99. The van der Waals surface area contributed by atoms with Crippen LogP contribution in [0.15, 0.2) is 33.8 Å². The van der Waals surface area contributed by atoms with Crippen LogP contribution in [0.3, 0.4) is 0 Å². The van der Waals surface area contributed by atoms with Gasteiger partial charge >= 0.3 is 0 Å². The Hall–Kier alpha value is -1.49. The Morgan fingerprint density at radius 3 is 2.93 bits per heavy atom. The van der Waals surface area contributed by atoms with Gasteiger partial charge in [-0.3, -0.25) is 0 Å². The fraction of sp³-hybridized carbons (Fsp3) is 0.200. The number of hydrogen-bond donors (Lipinski definition) is 1. The van der Waals surface area contributed by atoms with Crippen LogP contribution in [0.2, 0.25) is 0 Å². The summed E-state index contributed by atoms with van der Waals surface area (Å²) in [6.45, 7) is 1.86. The van der Waals surface area contributed by atoms with Crippen molar-refractivity contribution in [3.05, 3.63) is 35.7 Å². The van der Waals surface area contributed by atoms with Crippen LogP contribution in [0.1, 0.15) is 11.4 Å². The number of aromatic hydroxyl groups is 1. The molecule has 15 heavy (non-hydrogen) atoms. The summed E-state index contributed by atoms with van der Waals surface area (Å²) in [5.41, 5.74) is 1.64. The smallest absolute Gasteiger partial charge is 0.118 e. The van der Waals surface area contributed by atoms with E-state index < -0.39 is 0 Å². The minimum Gasteiger partial charge on any atom is -0.508 e. The van der Waals surface area contributed by atoms with Gasteiger partial charge in [-0.05, 0) is 25.1 Å². The molecular formula is C10H10N2O2S. The lowest BCUT2D eigenvalue weighted by Crippen LogP contribution is -1.84. The van der Waals surface area contributed by atoms with Crippen molar-refractivity contribution in [2.24, 2.45) is 0 Å². The highest BCUT2D eigenvalue weighted by Gasteiger charge is 2.05. The number of aromatic nitrogens is 2. The maximum absolute atomic E-state index is 9.27. The molecule has 1 aromatic heterocycles. The van der Waals surface area contributed by atoms with Gasteiger partial charge in [-0.2, -0.15) is 0 Å². The highest BCUT2D eigenvalue weighted by Crippen LogP contribution is 2.25. The number of hydrogen-bond acceptors (Lipinski definition) is 5. The molecule has 0 bridgehead atoms. The van der Waals surface area contributed by atoms with E-state index in [4.69, 9.17) is 0 Å². The summed E-state index contributed by atoms with van der Waals surface area (Å²) in [6.07, 6.45) is 0. The zero-order valence-corrected chi connectivity index (χ0v) is 8.99. The van der Waals surface area contributed by atoms with Gasteiger partial charge in [-0.15, -0.1) is 11.8 Å². The fourth-order valence-corrected chi connectivity index (χ4v) is 2.05. The zero-order chi connectivity index (χ0) is 10.7. The summed E-state index contributed by atoms with van der Waals surface area (Å²) in [4.78, 5) is 0.998. The third-order valence-corrected chi connectivity index (χ3v) is 2.94. The van der Waals surface area contributed by atoms with Crippen LogP contribution >= 0.6 is 11.8 Å². The zero-order valence-electron chi connectivity index (χ0n) is 8.17. The number of aryl methyl sites for hydroxylation is 1. The molecule has 2 aromatic rings. The normalized spacial score (nSPS) is 10.5. The molecule has 0 radical (unpaired) electrons. The number of phenolic OH excluding ortho intramolecular Hbond substituents is 1. The Balaban J connectivity index is 2.02. The third-order valence-electron chi connectivity index (χ3n) is 1.94. The molecule has 1 N–H and O–H groups in total. The predicted octanol–water partition coefficient (Wildman–Crippen LogP) is 2.38. The van der Waals surface area contributed by atoms with E-state index in [0.717, 1.165) is 16.3 Å². The molecule has 0 atom stereocenters. The van der Waals surface area contributed by atoms with Gasteiger partial charge in [-0.1, -0.05) is 16.4 Å². The molecule has 0 aliphatic rings. The van der Waals surface area contributed by atoms with E-state index in [0.29, 0.717) is 5.75 Å². The molecule has 1 heterocycles. The van der Waals surface area contributed by atoms with Crippen molar-refractivity contribution in [2.75, 3.05) is 0 Å². The number of benzene rings is 1. The summed E-state index contributed by atoms with van der Waals surface area (Å²) in [5, 5.41) is 16.7. The molecule has 2 rings (SSSR count). The van der Waals surface area contributed by atoms with Crippen LogP contribution in [0.4, 0.5) is 0 Å². The second kappa shape index (κ2) is 4.35. The molecule has 5 heteroatoms. The van der Waals surface area contributed by atoms with Crippen LogP contribution in [0.25, 0.3) is 0 Å². The van der Waals surface area contributed by atoms with E-state index in [2.05, 4.69) is 14.9 Å². The summed E-state index contributed by atoms with van der Waals surface area (Å²) in [5.74, 6) is 0.966. The summed E-state index contributed by atoms with van der Waals surface area (Å²) in [6, 6.07) is 7.11. The van der Waals surface area contributed by atoms with E-state index in [1.807, 2.05) is 19.1 Å². The quantitative estimate of drug-likeness (QED) is 0.808. The Morgan fingerprint density at radius 2 is 2.27 bits per heavy atom. The SMILES string of the molecule is Cc1nonc1CSc1cccc(O)c1. The van der Waals surface area contributed by atoms with Crippen LogP contribution in [0.5, 0.6) is 5.75 Å². The minimum absolute atomic E-state index is 0.273. The fourth-order valence-electron chi connectivity index (χ4n) is 1.11. The molecule has 4 nitrogen and oxygen atoms in total. The Bertz CT molecular complexity index is 456. The lowest BCUT2D eigenvalue weighted by atomic mass is 10.3. The molecule has 0 amide bonds. The summed E-state index contributed by atoms with van der Waals surface area (Å²) >= 11 is 1.58. The van der Waals surface area contributed by atoms with Gasteiger partial charge < -0.3 is 5.11 Å². The van der Waals surface area contributed by atoms with Gasteiger partial charge in [0.1, 0.15) is 17.1 Å². The molecule has 0 unspecified atom stereocenters. The van der Waals surface area contributed by atoms with E-state index in [-0.39, 0.29) is 5.75 Å². The first-order valence-corrected chi connectivity index (χ1v) is 5.44. The van der Waals surface area contributed by atoms with Crippen LogP contribution in [-0.2, 0) is 5.75 Å². The van der Waals surface area contributed by atoms with Crippen molar-refractivity contribution >= 4 is 11.8 Å². The second-order valence-corrected chi connectivity index (χ2v) is 4.13. The Morgan fingerprint density at radius 1 is 1.40 bits per heavy atom. The molecule has 1 aromatic carbocycles. The molecule has 78 valence electrons. The van der Waals surface area contributed by atoms with Crippen molar-refractivity contribution < 1.29 is 9.74 Å². The molecule has 0 aliphatic heterocycles. The minimum atomic E-state index is 0.273. The van der Waals surface area contributed by atoms with Gasteiger partial charge in [0.05, 0.1) is 0 Å². The van der Waals surface area contributed by atoms with Crippen molar-refractivity contribution in [1.82, 2.24) is 10.3 Å². The van der Waals surface area contributed by atoms with Gasteiger partial charge in [0.25, 0.3) is 0 Å². The van der Waals surface area contributed by atoms with E-state index in [9.17, 15) is 5.11 Å². The van der Waals surface area contributed by atoms with Gasteiger partial charge in [0, 0.05) is 10.6 Å². The highest BCUT2D eigenvalue weighted by molar-refractivity contribution is 7.98. The number of thioether (sulfide) groups is 1. The number of phenols is 1. The molecule has 0 aliphatic carbocycles. The average Bonchev–Trinajstić information content (AvgIpc) is 2.61. The molecule has 0 saturated carbocycles. The maximum atomic E-state index is 9.27. The van der Waals surface area contributed by atoms with Crippen molar-refractivity contribution in [2.45, 2.75) is 17.6 Å². The second-order valence-electron chi connectivity index (χ2n) is 3.08. The number of rotatable bonds is 3. The molecule has 0 spiro atoms. The summed E-state index contributed by atoms with van der Waals surface area (Å²) < 4.78 is 4.59. The van der Waals surface area contributed by atoms with Gasteiger partial charge in [0.15, 0.2) is 0 Å². The van der Waals surface area contributed by atoms with Crippen LogP contribution < -0.4 is 0 Å². The topological polar surface area (TPSA) is 59.2 Å². The van der Waals surface area contributed by atoms with Crippen LogP contribution in [0, 0.1) is 6.92 Å². The van der Waals surface area contributed by atoms with Crippen LogP contribution in [-0.4, -0.2) is 15.4 Å². The first-order chi connectivity index (χ1) is 7.25. The standard InChI is InChI=1S/C10H10N2O2S/c1-7-10(12-14-11-7)6-15-9-4-2-3-8(13)5-9/h2-5,13H,6H2,1H3. The van der Waals surface area contributed by atoms with Crippen molar-refractivity contribution in [1.29, 1.82) is 0 Å². The van der Waals surface area contributed by atoms with E-state index in [1.165, 1.54) is 0 Å².